The molecule has 2 aromatic rings. The number of hydrogen-bond donors (Lipinski definition) is 1. The molecular formula is C24H27F3N4O2. The zero-order valence-electron chi connectivity index (χ0n) is 18.3. The van der Waals surface area contributed by atoms with Crippen LogP contribution in [0.4, 0.5) is 24.7 Å². The number of para-hydroxylation sites is 1. The summed E-state index contributed by atoms with van der Waals surface area (Å²) in [7, 11) is 0. The molecule has 33 heavy (non-hydrogen) atoms. The summed E-state index contributed by atoms with van der Waals surface area (Å²) in [6, 6.07) is 9.47. The molecule has 0 aliphatic carbocycles. The summed E-state index contributed by atoms with van der Waals surface area (Å²) in [5.74, 6) is 0.0240. The van der Waals surface area contributed by atoms with Crippen LogP contribution in [0.15, 0.2) is 42.6 Å². The average Bonchev–Trinajstić information content (AvgIpc) is 2.84. The van der Waals surface area contributed by atoms with Crippen molar-refractivity contribution in [2.24, 2.45) is 5.92 Å². The topological polar surface area (TPSA) is 65.5 Å². The highest BCUT2D eigenvalue weighted by atomic mass is 19.4. The van der Waals surface area contributed by atoms with Crippen LogP contribution in [-0.4, -0.2) is 47.9 Å². The van der Waals surface area contributed by atoms with Gasteiger partial charge < -0.3 is 15.1 Å². The Labute approximate surface area is 190 Å². The van der Waals surface area contributed by atoms with Gasteiger partial charge in [0.25, 0.3) is 5.91 Å². The van der Waals surface area contributed by atoms with Crippen LogP contribution in [0.2, 0.25) is 0 Å². The van der Waals surface area contributed by atoms with Crippen LogP contribution in [0.3, 0.4) is 0 Å². The van der Waals surface area contributed by atoms with E-state index in [1.54, 1.807) is 24.3 Å². The number of halogens is 3. The van der Waals surface area contributed by atoms with Crippen LogP contribution < -0.4 is 10.2 Å². The van der Waals surface area contributed by atoms with Crippen molar-refractivity contribution in [1.29, 1.82) is 0 Å². The second-order valence-corrected chi connectivity index (χ2v) is 8.55. The van der Waals surface area contributed by atoms with Gasteiger partial charge in [0.2, 0.25) is 5.91 Å². The minimum Gasteiger partial charge on any atom is -0.357 e. The molecule has 2 aliphatic heterocycles. The smallest absolute Gasteiger partial charge is 0.357 e. The third-order valence-electron chi connectivity index (χ3n) is 6.32. The molecule has 0 unspecified atom stereocenters. The largest absolute Gasteiger partial charge is 0.417 e. The highest BCUT2D eigenvalue weighted by Gasteiger charge is 2.32. The fourth-order valence-electron chi connectivity index (χ4n) is 4.39. The van der Waals surface area contributed by atoms with E-state index in [9.17, 15) is 22.8 Å². The number of aromatic nitrogens is 1. The van der Waals surface area contributed by atoms with Gasteiger partial charge in [-0.1, -0.05) is 12.1 Å². The first-order chi connectivity index (χ1) is 15.8. The van der Waals surface area contributed by atoms with Crippen molar-refractivity contribution >= 4 is 23.3 Å². The summed E-state index contributed by atoms with van der Waals surface area (Å²) in [6.45, 7) is 2.50. The highest BCUT2D eigenvalue weighted by Crippen LogP contribution is 2.30. The predicted molar refractivity (Wildman–Crippen MR) is 119 cm³/mol. The third kappa shape index (κ3) is 5.46. The molecule has 0 bridgehead atoms. The standard InChI is InChI=1S/C24H27F3N4O2/c25-24(26,27)18-8-9-21(28-16-18)30-14-10-17(11-15-30)22(32)29-20-7-3-2-6-19(20)23(33)31-12-4-1-5-13-31/h2-3,6-9,16-17H,1,4-5,10-15H2,(H,29,32). The van der Waals surface area contributed by atoms with Gasteiger partial charge in [-0.15, -0.1) is 0 Å². The van der Waals surface area contributed by atoms with Gasteiger partial charge in [-0.25, -0.2) is 4.98 Å². The minimum atomic E-state index is -4.41. The van der Waals surface area contributed by atoms with Crippen molar-refractivity contribution < 1.29 is 22.8 Å². The number of carbonyl (C=O) groups is 2. The molecule has 9 heteroatoms. The summed E-state index contributed by atoms with van der Waals surface area (Å²) in [5.41, 5.74) is 0.238. The molecule has 3 heterocycles. The SMILES string of the molecule is O=C(Nc1ccccc1C(=O)N1CCCCC1)C1CCN(c2ccc(C(F)(F)F)cn2)CC1. The Morgan fingerprint density at radius 1 is 0.939 bits per heavy atom. The van der Waals surface area contributed by atoms with Crippen LogP contribution in [0.5, 0.6) is 0 Å². The third-order valence-corrected chi connectivity index (χ3v) is 6.32. The molecule has 0 radical (unpaired) electrons. The second-order valence-electron chi connectivity index (χ2n) is 8.55. The van der Waals surface area contributed by atoms with E-state index in [4.69, 9.17) is 0 Å². The maximum Gasteiger partial charge on any atom is 0.417 e. The molecule has 176 valence electrons. The van der Waals surface area contributed by atoms with Crippen molar-refractivity contribution in [3.05, 3.63) is 53.7 Å². The molecule has 2 aliphatic rings. The molecule has 2 amide bonds. The van der Waals surface area contributed by atoms with E-state index >= 15 is 0 Å². The van der Waals surface area contributed by atoms with E-state index in [0.29, 0.717) is 43.0 Å². The number of carbonyl (C=O) groups excluding carboxylic acids is 2. The van der Waals surface area contributed by atoms with Gasteiger partial charge in [0.15, 0.2) is 0 Å². The molecule has 6 nitrogen and oxygen atoms in total. The summed E-state index contributed by atoms with van der Waals surface area (Å²) < 4.78 is 38.2. The molecule has 0 saturated carbocycles. The number of hydrogen-bond acceptors (Lipinski definition) is 4. The van der Waals surface area contributed by atoms with E-state index in [1.807, 2.05) is 9.80 Å². The fraction of sp³-hybridized carbons (Fsp3) is 0.458. The maximum absolute atomic E-state index is 13.0. The van der Waals surface area contributed by atoms with E-state index in [0.717, 1.165) is 44.6 Å². The van der Waals surface area contributed by atoms with Crippen molar-refractivity contribution in [2.45, 2.75) is 38.3 Å². The first-order valence-electron chi connectivity index (χ1n) is 11.3. The lowest BCUT2D eigenvalue weighted by molar-refractivity contribution is -0.137. The van der Waals surface area contributed by atoms with Crippen LogP contribution in [0.1, 0.15) is 48.0 Å². The normalized spacial score (nSPS) is 17.7. The van der Waals surface area contributed by atoms with Gasteiger partial charge in [-0.2, -0.15) is 13.2 Å². The molecule has 4 rings (SSSR count). The molecule has 1 aromatic carbocycles. The van der Waals surface area contributed by atoms with Crippen molar-refractivity contribution in [3.8, 4) is 0 Å². The van der Waals surface area contributed by atoms with E-state index in [2.05, 4.69) is 10.3 Å². The Hall–Kier alpha value is -3.10. The van der Waals surface area contributed by atoms with Crippen LogP contribution in [0.25, 0.3) is 0 Å². The Morgan fingerprint density at radius 3 is 2.27 bits per heavy atom. The Morgan fingerprint density at radius 2 is 1.64 bits per heavy atom. The van der Waals surface area contributed by atoms with E-state index in [-0.39, 0.29) is 17.7 Å². The number of anilines is 2. The summed E-state index contributed by atoms with van der Waals surface area (Å²) in [5, 5.41) is 2.93. The molecule has 0 atom stereocenters. The van der Waals surface area contributed by atoms with Crippen LogP contribution in [0, 0.1) is 5.92 Å². The molecular weight excluding hydrogens is 433 g/mol. The monoisotopic (exact) mass is 460 g/mol. The lowest BCUT2D eigenvalue weighted by Crippen LogP contribution is -2.39. The van der Waals surface area contributed by atoms with Gasteiger partial charge in [0, 0.05) is 38.3 Å². The number of pyridine rings is 1. The number of rotatable bonds is 4. The zero-order chi connectivity index (χ0) is 23.4. The molecule has 1 N–H and O–H groups in total. The van der Waals surface area contributed by atoms with Crippen molar-refractivity contribution in [3.63, 3.8) is 0 Å². The average molecular weight is 461 g/mol. The minimum absolute atomic E-state index is 0.0613. The number of alkyl halides is 3. The Balaban J connectivity index is 1.36. The van der Waals surface area contributed by atoms with Crippen LogP contribution in [-0.2, 0) is 11.0 Å². The Bertz CT molecular complexity index is 980. The first-order valence-corrected chi connectivity index (χ1v) is 11.3. The number of benzene rings is 1. The molecule has 0 spiro atoms. The Kier molecular flexibility index (Phi) is 6.85. The highest BCUT2D eigenvalue weighted by molar-refractivity contribution is 6.04. The van der Waals surface area contributed by atoms with Crippen molar-refractivity contribution in [2.75, 3.05) is 36.4 Å². The van der Waals surface area contributed by atoms with Gasteiger partial charge >= 0.3 is 6.18 Å². The van der Waals surface area contributed by atoms with Gasteiger partial charge in [0.05, 0.1) is 16.8 Å². The molecule has 2 saturated heterocycles. The number of piperidine rings is 2. The number of amides is 2. The lowest BCUT2D eigenvalue weighted by Gasteiger charge is -2.32. The van der Waals surface area contributed by atoms with Gasteiger partial charge in [0.1, 0.15) is 5.82 Å². The summed E-state index contributed by atoms with van der Waals surface area (Å²) in [4.78, 5) is 33.5. The van der Waals surface area contributed by atoms with E-state index in [1.165, 1.54) is 6.07 Å². The summed E-state index contributed by atoms with van der Waals surface area (Å²) in [6.07, 6.45) is 0.641. The van der Waals surface area contributed by atoms with E-state index < -0.39 is 11.7 Å². The number of nitrogens with zero attached hydrogens (tertiary/aromatic N) is 3. The molecule has 2 fully saturated rings. The predicted octanol–water partition coefficient (Wildman–Crippen LogP) is 4.58. The number of nitrogens with one attached hydrogen (secondary N) is 1. The van der Waals surface area contributed by atoms with Crippen LogP contribution >= 0.6 is 0 Å². The fourth-order valence-corrected chi connectivity index (χ4v) is 4.39. The first kappa shape index (κ1) is 23.1. The lowest BCUT2D eigenvalue weighted by atomic mass is 9.95. The quantitative estimate of drug-likeness (QED) is 0.725. The van der Waals surface area contributed by atoms with Gasteiger partial charge in [-0.05, 0) is 56.4 Å². The van der Waals surface area contributed by atoms with Crippen molar-refractivity contribution in [1.82, 2.24) is 9.88 Å². The molecule has 1 aromatic heterocycles. The zero-order valence-corrected chi connectivity index (χ0v) is 18.3. The second kappa shape index (κ2) is 9.80. The maximum atomic E-state index is 13.0. The van der Waals surface area contributed by atoms with Gasteiger partial charge in [-0.3, -0.25) is 9.59 Å². The number of likely N-dealkylation sites (tertiary alicyclic amines) is 1. The summed E-state index contributed by atoms with van der Waals surface area (Å²) >= 11 is 0.